The maximum Gasteiger partial charge on any atom is 0.293 e. The molecule has 2 rings (SSSR count). The summed E-state index contributed by atoms with van der Waals surface area (Å²) in [5, 5.41) is 7.91. The lowest BCUT2D eigenvalue weighted by Crippen LogP contribution is -2.18. The average Bonchev–Trinajstić information content (AvgIpc) is 2.71. The Balaban J connectivity index is 2.00. The number of hydrogen-bond acceptors (Lipinski definition) is 3. The number of hydrogen-bond donors (Lipinski definition) is 1. The van der Waals surface area contributed by atoms with Crippen LogP contribution in [0.1, 0.15) is 16.1 Å². The van der Waals surface area contributed by atoms with E-state index in [4.69, 9.17) is 0 Å². The molecule has 98 valence electrons. The number of carbonyl (C=O) groups excluding carboxylic acids is 1. The maximum absolute atomic E-state index is 11.8. The molecule has 19 heavy (non-hydrogen) atoms. The van der Waals surface area contributed by atoms with E-state index in [1.165, 1.54) is 0 Å². The molecule has 0 spiro atoms. The fourth-order valence-electron chi connectivity index (χ4n) is 1.38. The lowest BCUT2D eigenvalue weighted by molar-refractivity contribution is 0.0948. The van der Waals surface area contributed by atoms with Crippen molar-refractivity contribution in [3.8, 4) is 0 Å². The molecule has 1 amide bonds. The minimum absolute atomic E-state index is 0.301. The van der Waals surface area contributed by atoms with Crippen molar-refractivity contribution in [1.82, 2.24) is 15.2 Å². The number of nitrogens with zero attached hydrogens (tertiary/aromatic N) is 3. The third-order valence-corrected chi connectivity index (χ3v) is 3.36. The van der Waals surface area contributed by atoms with Gasteiger partial charge in [-0.3, -0.25) is 9.48 Å². The predicted molar refractivity (Wildman–Crippen MR) is 80.1 cm³/mol. The minimum atomic E-state index is -0.360. The molecule has 0 fully saturated rings. The number of rotatable bonds is 3. The van der Waals surface area contributed by atoms with E-state index in [2.05, 4.69) is 47.5 Å². The summed E-state index contributed by atoms with van der Waals surface area (Å²) in [5.41, 5.74) is 3.62. The van der Waals surface area contributed by atoms with Crippen molar-refractivity contribution in [3.63, 3.8) is 0 Å². The molecule has 0 radical (unpaired) electrons. The first kappa shape index (κ1) is 14.0. The molecule has 1 N–H and O–H groups in total. The minimum Gasteiger partial charge on any atom is -0.274 e. The SMILES string of the molecule is Cn1cc(Br)c(C(=O)N/N=C\c2ccc(Br)cc2)n1. The van der Waals surface area contributed by atoms with Crippen LogP contribution in [0.2, 0.25) is 0 Å². The van der Waals surface area contributed by atoms with Gasteiger partial charge in [0.15, 0.2) is 5.69 Å². The van der Waals surface area contributed by atoms with Gasteiger partial charge < -0.3 is 0 Å². The first-order valence-electron chi connectivity index (χ1n) is 5.34. The fraction of sp³-hybridized carbons (Fsp3) is 0.0833. The highest BCUT2D eigenvalue weighted by Crippen LogP contribution is 2.13. The fourth-order valence-corrected chi connectivity index (χ4v) is 2.20. The van der Waals surface area contributed by atoms with E-state index in [1.54, 1.807) is 24.1 Å². The molecule has 0 bridgehead atoms. The van der Waals surface area contributed by atoms with Crippen molar-refractivity contribution in [2.24, 2.45) is 12.1 Å². The normalized spacial score (nSPS) is 10.9. The monoisotopic (exact) mass is 384 g/mol. The van der Waals surface area contributed by atoms with Gasteiger partial charge in [-0.05, 0) is 33.6 Å². The molecule has 0 aliphatic rings. The molecule has 1 aromatic carbocycles. The van der Waals surface area contributed by atoms with Crippen molar-refractivity contribution in [1.29, 1.82) is 0 Å². The zero-order valence-electron chi connectivity index (χ0n) is 9.97. The largest absolute Gasteiger partial charge is 0.293 e. The molecular formula is C12H10Br2N4O. The number of hydrazone groups is 1. The zero-order chi connectivity index (χ0) is 13.8. The molecule has 1 heterocycles. The van der Waals surface area contributed by atoms with E-state index >= 15 is 0 Å². The van der Waals surface area contributed by atoms with Gasteiger partial charge in [0.2, 0.25) is 0 Å². The van der Waals surface area contributed by atoms with E-state index in [0.717, 1.165) is 10.0 Å². The molecule has 5 nitrogen and oxygen atoms in total. The van der Waals surface area contributed by atoms with E-state index in [1.807, 2.05) is 24.3 Å². The number of aromatic nitrogens is 2. The summed E-state index contributed by atoms with van der Waals surface area (Å²) in [6, 6.07) is 7.57. The molecule has 0 saturated carbocycles. The van der Waals surface area contributed by atoms with E-state index in [0.29, 0.717) is 10.2 Å². The second-order valence-corrected chi connectivity index (χ2v) is 5.52. The summed E-state index contributed by atoms with van der Waals surface area (Å²) >= 11 is 6.61. The Bertz CT molecular complexity index is 619. The summed E-state index contributed by atoms with van der Waals surface area (Å²) in [6.45, 7) is 0. The van der Waals surface area contributed by atoms with Gasteiger partial charge >= 0.3 is 0 Å². The topological polar surface area (TPSA) is 59.3 Å². The molecule has 1 aromatic heterocycles. The summed E-state index contributed by atoms with van der Waals surface area (Å²) in [4.78, 5) is 11.8. The highest BCUT2D eigenvalue weighted by Gasteiger charge is 2.13. The second-order valence-electron chi connectivity index (χ2n) is 3.75. The van der Waals surface area contributed by atoms with E-state index in [9.17, 15) is 4.79 Å². The van der Waals surface area contributed by atoms with Crippen LogP contribution >= 0.6 is 31.9 Å². The molecule has 2 aromatic rings. The van der Waals surface area contributed by atoms with Crippen LogP contribution in [-0.2, 0) is 7.05 Å². The maximum atomic E-state index is 11.8. The Morgan fingerprint density at radius 3 is 2.63 bits per heavy atom. The first-order chi connectivity index (χ1) is 9.06. The molecule has 0 unspecified atom stereocenters. The molecular weight excluding hydrogens is 376 g/mol. The average molecular weight is 386 g/mol. The summed E-state index contributed by atoms with van der Waals surface area (Å²) in [7, 11) is 1.74. The smallest absolute Gasteiger partial charge is 0.274 e. The van der Waals surface area contributed by atoms with E-state index in [-0.39, 0.29) is 5.91 Å². The van der Waals surface area contributed by atoms with Crippen LogP contribution in [0.25, 0.3) is 0 Å². The van der Waals surface area contributed by atoms with Crippen LogP contribution in [-0.4, -0.2) is 21.9 Å². The van der Waals surface area contributed by atoms with Crippen LogP contribution < -0.4 is 5.43 Å². The highest BCUT2D eigenvalue weighted by atomic mass is 79.9. The van der Waals surface area contributed by atoms with Crippen LogP contribution in [0.3, 0.4) is 0 Å². The summed E-state index contributed by atoms with van der Waals surface area (Å²) in [6.07, 6.45) is 3.27. The molecule has 0 aliphatic carbocycles. The Morgan fingerprint density at radius 2 is 2.05 bits per heavy atom. The molecule has 0 atom stereocenters. The lowest BCUT2D eigenvalue weighted by Gasteiger charge is -1.97. The van der Waals surface area contributed by atoms with Gasteiger partial charge in [0.05, 0.1) is 10.7 Å². The van der Waals surface area contributed by atoms with Gasteiger partial charge in [-0.1, -0.05) is 28.1 Å². The van der Waals surface area contributed by atoms with Gasteiger partial charge in [-0.25, -0.2) is 5.43 Å². The van der Waals surface area contributed by atoms with Crippen molar-refractivity contribution in [2.75, 3.05) is 0 Å². The number of carbonyl (C=O) groups is 1. The van der Waals surface area contributed by atoms with Crippen molar-refractivity contribution < 1.29 is 4.79 Å². The van der Waals surface area contributed by atoms with Gasteiger partial charge in [0, 0.05) is 17.7 Å². The standard InChI is InChI=1S/C12H10Br2N4O/c1-18-7-10(14)11(17-18)12(19)16-15-6-8-2-4-9(13)5-3-8/h2-7H,1H3,(H,16,19)/b15-6-. The quantitative estimate of drug-likeness (QED) is 0.652. The third kappa shape index (κ3) is 3.74. The second kappa shape index (κ2) is 6.12. The highest BCUT2D eigenvalue weighted by molar-refractivity contribution is 9.10. The zero-order valence-corrected chi connectivity index (χ0v) is 13.1. The summed E-state index contributed by atoms with van der Waals surface area (Å²) < 4.78 is 3.18. The number of benzene rings is 1. The van der Waals surface area contributed by atoms with Gasteiger partial charge in [-0.15, -0.1) is 0 Å². The number of nitrogens with one attached hydrogen (secondary N) is 1. The molecule has 0 aliphatic heterocycles. The number of halogens is 2. The number of amides is 1. The predicted octanol–water partition coefficient (Wildman–Crippen LogP) is 2.71. The third-order valence-electron chi connectivity index (χ3n) is 2.25. The Labute approximate surface area is 127 Å². The van der Waals surface area contributed by atoms with Crippen LogP contribution in [0.4, 0.5) is 0 Å². The van der Waals surface area contributed by atoms with Crippen LogP contribution in [0.5, 0.6) is 0 Å². The van der Waals surface area contributed by atoms with E-state index < -0.39 is 0 Å². The van der Waals surface area contributed by atoms with Crippen molar-refractivity contribution >= 4 is 44.0 Å². The lowest BCUT2D eigenvalue weighted by atomic mass is 10.2. The van der Waals surface area contributed by atoms with Crippen LogP contribution in [0.15, 0.2) is 44.5 Å². The Hall–Kier alpha value is -1.47. The van der Waals surface area contributed by atoms with Crippen LogP contribution in [0, 0.1) is 0 Å². The molecule has 7 heteroatoms. The van der Waals surface area contributed by atoms with Crippen molar-refractivity contribution in [3.05, 3.63) is 50.7 Å². The van der Waals surface area contributed by atoms with Gasteiger partial charge in [0.25, 0.3) is 5.91 Å². The Kier molecular flexibility index (Phi) is 4.49. The van der Waals surface area contributed by atoms with Gasteiger partial charge in [0.1, 0.15) is 0 Å². The first-order valence-corrected chi connectivity index (χ1v) is 6.93. The Morgan fingerprint density at radius 1 is 1.37 bits per heavy atom. The van der Waals surface area contributed by atoms with Gasteiger partial charge in [-0.2, -0.15) is 10.2 Å². The van der Waals surface area contributed by atoms with Crippen molar-refractivity contribution in [2.45, 2.75) is 0 Å². The summed E-state index contributed by atoms with van der Waals surface area (Å²) in [5.74, 6) is -0.360. The number of aryl methyl sites for hydroxylation is 1. The molecule has 0 saturated heterocycles.